The van der Waals surface area contributed by atoms with Crippen molar-refractivity contribution in [1.29, 1.82) is 0 Å². The van der Waals surface area contributed by atoms with Crippen LogP contribution >= 0.6 is 0 Å². The highest BCUT2D eigenvalue weighted by molar-refractivity contribution is 5.54. The summed E-state index contributed by atoms with van der Waals surface area (Å²) in [4.78, 5) is 2.56. The molecule has 2 aliphatic heterocycles. The van der Waals surface area contributed by atoms with Gasteiger partial charge in [0.05, 0.1) is 6.20 Å². The molecular weight excluding hydrogens is 310 g/mol. The molecule has 0 bridgehead atoms. The van der Waals surface area contributed by atoms with Crippen molar-refractivity contribution in [2.75, 3.05) is 36.4 Å². The largest absolute Gasteiger partial charge is 0.371 e. The lowest BCUT2D eigenvalue weighted by atomic mass is 10.0. The monoisotopic (exact) mass is 339 g/mol. The lowest BCUT2D eigenvalue weighted by Crippen LogP contribution is -2.45. The van der Waals surface area contributed by atoms with E-state index in [9.17, 15) is 0 Å². The third-order valence-corrected chi connectivity index (χ3v) is 5.62. The maximum Gasteiger partial charge on any atom is 0.124 e. The average Bonchev–Trinajstić information content (AvgIpc) is 3.14. The van der Waals surface area contributed by atoms with Crippen molar-refractivity contribution >= 4 is 11.5 Å². The van der Waals surface area contributed by atoms with E-state index in [2.05, 4.69) is 56.5 Å². The van der Waals surface area contributed by atoms with Gasteiger partial charge in [0.1, 0.15) is 5.82 Å². The maximum absolute atomic E-state index is 4.38. The SMILES string of the molecule is CCc1ccccc1N1CCC(NC[C@@H]2CNc3ccnn3C2)CC1. The summed E-state index contributed by atoms with van der Waals surface area (Å²) in [6, 6.07) is 11.6. The maximum atomic E-state index is 4.38. The van der Waals surface area contributed by atoms with Gasteiger partial charge in [0.15, 0.2) is 0 Å². The van der Waals surface area contributed by atoms with Gasteiger partial charge in [-0.05, 0) is 30.9 Å². The minimum absolute atomic E-state index is 0.617. The summed E-state index contributed by atoms with van der Waals surface area (Å²) in [5.41, 5.74) is 2.91. The summed E-state index contributed by atoms with van der Waals surface area (Å²) in [6.07, 6.45) is 5.44. The van der Waals surface area contributed by atoms with Crippen LogP contribution in [0.2, 0.25) is 0 Å². The second-order valence-electron chi connectivity index (χ2n) is 7.30. The smallest absolute Gasteiger partial charge is 0.124 e. The number of nitrogens with one attached hydrogen (secondary N) is 2. The number of benzene rings is 1. The van der Waals surface area contributed by atoms with E-state index in [1.54, 1.807) is 0 Å². The van der Waals surface area contributed by atoms with Crippen LogP contribution in [-0.2, 0) is 13.0 Å². The second kappa shape index (κ2) is 7.48. The third kappa shape index (κ3) is 3.66. The fraction of sp³-hybridized carbons (Fsp3) is 0.550. The molecule has 0 radical (unpaired) electrons. The van der Waals surface area contributed by atoms with Crippen LogP contribution in [0.4, 0.5) is 11.5 Å². The normalized spacial score (nSPS) is 21.0. The lowest BCUT2D eigenvalue weighted by Gasteiger charge is -2.36. The first kappa shape index (κ1) is 16.5. The zero-order chi connectivity index (χ0) is 17.1. The van der Waals surface area contributed by atoms with E-state index in [0.717, 1.165) is 45.0 Å². The minimum Gasteiger partial charge on any atom is -0.371 e. The molecule has 0 unspecified atom stereocenters. The highest BCUT2D eigenvalue weighted by atomic mass is 15.3. The summed E-state index contributed by atoms with van der Waals surface area (Å²) in [6.45, 7) is 7.69. The van der Waals surface area contributed by atoms with Crippen molar-refractivity contribution in [3.05, 3.63) is 42.1 Å². The van der Waals surface area contributed by atoms with Crippen LogP contribution in [-0.4, -0.2) is 42.0 Å². The molecule has 1 aromatic heterocycles. The Labute approximate surface area is 150 Å². The topological polar surface area (TPSA) is 45.1 Å². The van der Waals surface area contributed by atoms with Gasteiger partial charge in [0, 0.05) is 56.4 Å². The first-order valence-corrected chi connectivity index (χ1v) is 9.65. The number of aryl methyl sites for hydroxylation is 1. The Morgan fingerprint density at radius 3 is 2.88 bits per heavy atom. The molecule has 1 aromatic carbocycles. The molecule has 134 valence electrons. The molecule has 1 saturated heterocycles. The van der Waals surface area contributed by atoms with E-state index in [1.807, 2.05) is 12.3 Å². The number of piperidine rings is 1. The quantitative estimate of drug-likeness (QED) is 0.879. The molecule has 1 fully saturated rings. The molecule has 1 atom stereocenters. The number of aromatic nitrogens is 2. The summed E-state index contributed by atoms with van der Waals surface area (Å²) in [7, 11) is 0. The van der Waals surface area contributed by atoms with Crippen LogP contribution in [0.5, 0.6) is 0 Å². The van der Waals surface area contributed by atoms with Crippen LogP contribution in [0.3, 0.4) is 0 Å². The van der Waals surface area contributed by atoms with Crippen LogP contribution < -0.4 is 15.5 Å². The molecule has 2 N–H and O–H groups in total. The fourth-order valence-corrected chi connectivity index (χ4v) is 4.10. The fourth-order valence-electron chi connectivity index (χ4n) is 4.10. The minimum atomic E-state index is 0.617. The zero-order valence-corrected chi connectivity index (χ0v) is 15.1. The standard InChI is InChI=1S/C20H29N5/c1-2-17-5-3-4-6-19(17)24-11-8-18(9-12-24)21-13-16-14-22-20-7-10-23-25(20)15-16/h3-7,10,16,18,21-22H,2,8-9,11-15H2,1H3/t16-/m1/s1. The van der Waals surface area contributed by atoms with Crippen molar-refractivity contribution in [2.45, 2.75) is 38.8 Å². The molecule has 0 spiro atoms. The number of para-hydroxylation sites is 1. The summed E-state index contributed by atoms with van der Waals surface area (Å²) < 4.78 is 2.08. The van der Waals surface area contributed by atoms with Crippen LogP contribution in [0.1, 0.15) is 25.3 Å². The van der Waals surface area contributed by atoms with Crippen LogP contribution in [0.25, 0.3) is 0 Å². The average molecular weight is 339 g/mol. The van der Waals surface area contributed by atoms with Crippen molar-refractivity contribution in [2.24, 2.45) is 5.92 Å². The molecule has 25 heavy (non-hydrogen) atoms. The van der Waals surface area contributed by atoms with E-state index in [1.165, 1.54) is 24.1 Å². The first-order valence-electron chi connectivity index (χ1n) is 9.65. The molecule has 2 aliphatic rings. The van der Waals surface area contributed by atoms with Crippen molar-refractivity contribution < 1.29 is 0 Å². The van der Waals surface area contributed by atoms with E-state index < -0.39 is 0 Å². The number of anilines is 2. The second-order valence-corrected chi connectivity index (χ2v) is 7.30. The number of hydrogen-bond acceptors (Lipinski definition) is 4. The molecule has 3 heterocycles. The van der Waals surface area contributed by atoms with E-state index in [4.69, 9.17) is 0 Å². The summed E-state index contributed by atoms with van der Waals surface area (Å²) in [5.74, 6) is 1.77. The highest BCUT2D eigenvalue weighted by Crippen LogP contribution is 2.25. The van der Waals surface area contributed by atoms with Gasteiger partial charge in [-0.1, -0.05) is 25.1 Å². The Morgan fingerprint density at radius 1 is 1.20 bits per heavy atom. The first-order chi connectivity index (χ1) is 12.3. The Bertz CT molecular complexity index is 687. The molecule has 0 saturated carbocycles. The number of rotatable bonds is 5. The predicted octanol–water partition coefficient (Wildman–Crippen LogP) is 2.75. The van der Waals surface area contributed by atoms with Gasteiger partial charge in [-0.3, -0.25) is 0 Å². The van der Waals surface area contributed by atoms with Crippen molar-refractivity contribution in [3.63, 3.8) is 0 Å². The van der Waals surface area contributed by atoms with Crippen LogP contribution in [0, 0.1) is 5.92 Å². The summed E-state index contributed by atoms with van der Waals surface area (Å²) >= 11 is 0. The van der Waals surface area contributed by atoms with Crippen molar-refractivity contribution in [1.82, 2.24) is 15.1 Å². The van der Waals surface area contributed by atoms with Gasteiger partial charge in [-0.25, -0.2) is 4.68 Å². The van der Waals surface area contributed by atoms with Gasteiger partial charge in [-0.15, -0.1) is 0 Å². The molecule has 0 amide bonds. The van der Waals surface area contributed by atoms with Crippen molar-refractivity contribution in [3.8, 4) is 0 Å². The Hall–Kier alpha value is -2.01. The zero-order valence-electron chi connectivity index (χ0n) is 15.1. The molecule has 4 rings (SSSR count). The predicted molar refractivity (Wildman–Crippen MR) is 103 cm³/mol. The van der Waals surface area contributed by atoms with Gasteiger partial charge in [0.25, 0.3) is 0 Å². The molecule has 5 nitrogen and oxygen atoms in total. The molecule has 2 aromatic rings. The number of hydrogen-bond donors (Lipinski definition) is 2. The van der Waals surface area contributed by atoms with Gasteiger partial charge >= 0.3 is 0 Å². The van der Waals surface area contributed by atoms with E-state index in [-0.39, 0.29) is 0 Å². The van der Waals surface area contributed by atoms with E-state index in [0.29, 0.717) is 12.0 Å². The highest BCUT2D eigenvalue weighted by Gasteiger charge is 2.23. The van der Waals surface area contributed by atoms with Gasteiger partial charge in [0.2, 0.25) is 0 Å². The van der Waals surface area contributed by atoms with Crippen LogP contribution in [0.15, 0.2) is 36.5 Å². The van der Waals surface area contributed by atoms with E-state index >= 15 is 0 Å². The number of nitrogens with zero attached hydrogens (tertiary/aromatic N) is 3. The Morgan fingerprint density at radius 2 is 2.04 bits per heavy atom. The molecule has 5 heteroatoms. The lowest BCUT2D eigenvalue weighted by molar-refractivity contribution is 0.342. The Kier molecular flexibility index (Phi) is 4.92. The summed E-state index contributed by atoms with van der Waals surface area (Å²) in [5, 5.41) is 11.7. The molecule has 0 aliphatic carbocycles. The third-order valence-electron chi connectivity index (χ3n) is 5.62. The Balaban J connectivity index is 1.25. The van der Waals surface area contributed by atoms with Gasteiger partial charge < -0.3 is 15.5 Å². The molecular formula is C20H29N5. The van der Waals surface area contributed by atoms with Gasteiger partial charge in [-0.2, -0.15) is 5.10 Å². The number of fused-ring (bicyclic) bond motifs is 1.